The Morgan fingerprint density at radius 3 is 2.56 bits per heavy atom. The molecule has 2 heterocycles. The first-order chi connectivity index (χ1) is 17.0. The molecular formula is C28H36ClN5O2. The van der Waals surface area contributed by atoms with Crippen molar-refractivity contribution in [3.63, 3.8) is 0 Å². The molecule has 0 saturated carbocycles. The van der Waals surface area contributed by atoms with Gasteiger partial charge in [0, 0.05) is 42.7 Å². The van der Waals surface area contributed by atoms with Crippen molar-refractivity contribution in [1.29, 1.82) is 0 Å². The highest BCUT2D eigenvalue weighted by Crippen LogP contribution is 2.31. The van der Waals surface area contributed by atoms with E-state index in [1.54, 1.807) is 31.2 Å². The van der Waals surface area contributed by atoms with Gasteiger partial charge in [-0.05, 0) is 73.7 Å². The molecule has 1 aromatic heterocycles. The second-order valence-electron chi connectivity index (χ2n) is 10.8. The first-order valence-electron chi connectivity index (χ1n) is 12.6. The molecule has 8 heteroatoms. The Balaban J connectivity index is 1.69. The van der Waals surface area contributed by atoms with Crippen LogP contribution in [0.1, 0.15) is 69.4 Å². The smallest absolute Gasteiger partial charge is 0.257 e. The molecule has 2 amide bonds. The lowest BCUT2D eigenvalue weighted by molar-refractivity contribution is -0.133. The number of benzene rings is 2. The molecule has 1 aliphatic rings. The number of carbonyl (C=O) groups excluding carboxylic acids is 2. The second-order valence-corrected chi connectivity index (χ2v) is 11.2. The molecule has 0 spiro atoms. The average molecular weight is 510 g/mol. The lowest BCUT2D eigenvalue weighted by Gasteiger charge is -2.37. The number of piperidine rings is 1. The van der Waals surface area contributed by atoms with Gasteiger partial charge in [-0.2, -0.15) is 0 Å². The van der Waals surface area contributed by atoms with Gasteiger partial charge in [-0.1, -0.05) is 38.4 Å². The summed E-state index contributed by atoms with van der Waals surface area (Å²) in [5.74, 6) is 0.350. The summed E-state index contributed by atoms with van der Waals surface area (Å²) >= 11 is 5.99. The van der Waals surface area contributed by atoms with Crippen molar-refractivity contribution in [3.8, 4) is 0 Å². The van der Waals surface area contributed by atoms with Crippen LogP contribution in [0.3, 0.4) is 0 Å². The number of imidazole rings is 1. The summed E-state index contributed by atoms with van der Waals surface area (Å²) in [7, 11) is 0. The number of carbonyl (C=O) groups is 2. The highest BCUT2D eigenvalue weighted by molar-refractivity contribution is 6.30. The molecule has 36 heavy (non-hydrogen) atoms. The van der Waals surface area contributed by atoms with Crippen LogP contribution < -0.4 is 10.6 Å². The van der Waals surface area contributed by atoms with Crippen molar-refractivity contribution in [2.45, 2.75) is 66.1 Å². The fourth-order valence-corrected chi connectivity index (χ4v) is 4.84. The number of rotatable bonds is 6. The third-order valence-electron chi connectivity index (χ3n) is 7.20. The van der Waals surface area contributed by atoms with Crippen molar-refractivity contribution in [1.82, 2.24) is 19.8 Å². The Bertz CT molecular complexity index is 1240. The monoisotopic (exact) mass is 509 g/mol. The largest absolute Gasteiger partial charge is 0.335 e. The molecule has 3 aromatic rings. The zero-order chi connectivity index (χ0) is 26.0. The van der Waals surface area contributed by atoms with E-state index < -0.39 is 0 Å². The van der Waals surface area contributed by atoms with Crippen molar-refractivity contribution in [2.24, 2.45) is 5.41 Å². The van der Waals surface area contributed by atoms with Gasteiger partial charge in [-0.3, -0.25) is 14.9 Å². The standard InChI is InChI=1S/C28H36ClN5O2/c1-18(28(3,4)5)33(19(2)35)17-20-8-13-25-24(15-20)31-27(34(25)23-7-6-14-30-16-23)32-26(36)21-9-11-22(29)12-10-21/h8-13,15,18,23,30H,6-7,14,16-17H2,1-5H3,(H,31,32,36)/t18-,23?/m0/s1. The predicted molar refractivity (Wildman–Crippen MR) is 145 cm³/mol. The van der Waals surface area contributed by atoms with Crippen LogP contribution in [0.25, 0.3) is 11.0 Å². The lowest BCUT2D eigenvalue weighted by Crippen LogP contribution is -2.44. The number of fused-ring (bicyclic) bond motifs is 1. The zero-order valence-corrected chi connectivity index (χ0v) is 22.5. The summed E-state index contributed by atoms with van der Waals surface area (Å²) in [4.78, 5) is 32.3. The van der Waals surface area contributed by atoms with Gasteiger partial charge in [-0.15, -0.1) is 0 Å². The van der Waals surface area contributed by atoms with Gasteiger partial charge in [0.15, 0.2) is 0 Å². The summed E-state index contributed by atoms with van der Waals surface area (Å²) < 4.78 is 2.14. The zero-order valence-electron chi connectivity index (χ0n) is 21.8. The summed E-state index contributed by atoms with van der Waals surface area (Å²) in [5.41, 5.74) is 3.27. The average Bonchev–Trinajstić information content (AvgIpc) is 3.19. The van der Waals surface area contributed by atoms with Gasteiger partial charge in [0.05, 0.1) is 11.0 Å². The van der Waals surface area contributed by atoms with Gasteiger partial charge in [-0.25, -0.2) is 4.98 Å². The molecule has 4 rings (SSSR count). The minimum absolute atomic E-state index is 0.0373. The predicted octanol–water partition coefficient (Wildman–Crippen LogP) is 5.65. The maximum absolute atomic E-state index is 13.0. The van der Waals surface area contributed by atoms with Crippen LogP contribution in [-0.2, 0) is 11.3 Å². The maximum atomic E-state index is 13.0. The quantitative estimate of drug-likeness (QED) is 0.450. The number of anilines is 1. The van der Waals surface area contributed by atoms with Crippen molar-refractivity contribution in [3.05, 3.63) is 58.6 Å². The fraction of sp³-hybridized carbons (Fsp3) is 0.464. The number of amides is 2. The molecular weight excluding hydrogens is 474 g/mol. The van der Waals surface area contributed by atoms with Crippen LogP contribution in [0.15, 0.2) is 42.5 Å². The Labute approximate surface area is 218 Å². The van der Waals surface area contributed by atoms with Gasteiger partial charge in [0.2, 0.25) is 11.9 Å². The van der Waals surface area contributed by atoms with E-state index in [-0.39, 0.29) is 29.3 Å². The van der Waals surface area contributed by atoms with Crippen LogP contribution in [0.4, 0.5) is 5.95 Å². The van der Waals surface area contributed by atoms with E-state index in [0.29, 0.717) is 23.1 Å². The van der Waals surface area contributed by atoms with Crippen molar-refractivity contribution < 1.29 is 9.59 Å². The third kappa shape index (κ3) is 5.73. The Hall–Kier alpha value is -2.90. The SMILES string of the molecule is CC(=O)N(Cc1ccc2c(c1)nc(NC(=O)c1ccc(Cl)cc1)n2C1CCCNC1)[C@@H](C)C(C)(C)C. The number of nitrogens with zero attached hydrogens (tertiary/aromatic N) is 3. The fourth-order valence-electron chi connectivity index (χ4n) is 4.71. The molecule has 1 aliphatic heterocycles. The van der Waals surface area contributed by atoms with Crippen LogP contribution in [0.5, 0.6) is 0 Å². The van der Waals surface area contributed by atoms with Crippen LogP contribution >= 0.6 is 11.6 Å². The molecule has 2 atom stereocenters. The second kappa shape index (κ2) is 10.6. The number of nitrogens with one attached hydrogen (secondary N) is 2. The van der Waals surface area contributed by atoms with E-state index in [1.807, 2.05) is 11.0 Å². The Morgan fingerprint density at radius 2 is 1.94 bits per heavy atom. The molecule has 0 bridgehead atoms. The molecule has 1 saturated heterocycles. The molecule has 0 aliphatic carbocycles. The number of hydrogen-bond donors (Lipinski definition) is 2. The van der Waals surface area contributed by atoms with E-state index in [1.165, 1.54) is 0 Å². The molecule has 192 valence electrons. The molecule has 2 N–H and O–H groups in total. The van der Waals surface area contributed by atoms with Gasteiger partial charge < -0.3 is 14.8 Å². The van der Waals surface area contributed by atoms with Crippen molar-refractivity contribution in [2.75, 3.05) is 18.4 Å². The maximum Gasteiger partial charge on any atom is 0.257 e. The van der Waals surface area contributed by atoms with E-state index in [4.69, 9.17) is 16.6 Å². The minimum atomic E-state index is -0.228. The molecule has 2 aromatic carbocycles. The van der Waals surface area contributed by atoms with Gasteiger partial charge in [0.25, 0.3) is 5.91 Å². The highest BCUT2D eigenvalue weighted by Gasteiger charge is 2.28. The molecule has 0 radical (unpaired) electrons. The number of hydrogen-bond acceptors (Lipinski definition) is 4. The van der Waals surface area contributed by atoms with Crippen LogP contribution in [0.2, 0.25) is 5.02 Å². The first kappa shape index (κ1) is 26.2. The third-order valence-corrected chi connectivity index (χ3v) is 7.45. The summed E-state index contributed by atoms with van der Waals surface area (Å²) in [6, 6.07) is 13.2. The van der Waals surface area contributed by atoms with Gasteiger partial charge >= 0.3 is 0 Å². The van der Waals surface area contributed by atoms with Crippen LogP contribution in [-0.4, -0.2) is 45.4 Å². The lowest BCUT2D eigenvalue weighted by atomic mass is 9.86. The van der Waals surface area contributed by atoms with E-state index in [0.717, 1.165) is 42.5 Å². The van der Waals surface area contributed by atoms with E-state index in [2.05, 4.69) is 55.0 Å². The normalized spacial score (nSPS) is 17.1. The Kier molecular flexibility index (Phi) is 7.71. The first-order valence-corrected chi connectivity index (χ1v) is 13.0. The van der Waals surface area contributed by atoms with E-state index >= 15 is 0 Å². The van der Waals surface area contributed by atoms with Crippen LogP contribution in [0, 0.1) is 5.41 Å². The molecule has 1 fully saturated rings. The minimum Gasteiger partial charge on any atom is -0.335 e. The number of halogens is 1. The summed E-state index contributed by atoms with van der Waals surface area (Å²) in [6.45, 7) is 12.5. The van der Waals surface area contributed by atoms with E-state index in [9.17, 15) is 9.59 Å². The summed E-state index contributed by atoms with van der Waals surface area (Å²) in [5, 5.41) is 7.07. The molecule has 1 unspecified atom stereocenters. The Morgan fingerprint density at radius 1 is 1.22 bits per heavy atom. The highest BCUT2D eigenvalue weighted by atomic mass is 35.5. The molecule has 7 nitrogen and oxygen atoms in total. The summed E-state index contributed by atoms with van der Waals surface area (Å²) in [6.07, 6.45) is 2.07. The van der Waals surface area contributed by atoms with Crippen molar-refractivity contribution >= 4 is 40.4 Å². The topological polar surface area (TPSA) is 79.3 Å². The number of aromatic nitrogens is 2. The van der Waals surface area contributed by atoms with Gasteiger partial charge in [0.1, 0.15) is 0 Å².